The van der Waals surface area contributed by atoms with E-state index in [0.29, 0.717) is 21.9 Å². The van der Waals surface area contributed by atoms with Crippen molar-refractivity contribution in [2.75, 3.05) is 30.9 Å². The van der Waals surface area contributed by atoms with E-state index in [1.807, 2.05) is 0 Å². The highest BCUT2D eigenvalue weighted by Crippen LogP contribution is 2.18. The molecule has 18 heteroatoms. The fraction of sp³-hybridized carbons (Fsp3) is 0.348. The summed E-state index contributed by atoms with van der Waals surface area (Å²) in [5, 5.41) is 4.85. The number of likely N-dealkylation sites (tertiary alicyclic amines) is 1. The Morgan fingerprint density at radius 2 is 1.76 bits per heavy atom. The number of aryl methyl sites for hydroxylation is 1. The van der Waals surface area contributed by atoms with E-state index in [-0.39, 0.29) is 25.5 Å². The number of likely N-dealkylation sites (N-methyl/N-ethyl adjacent to an activating group) is 1. The normalized spacial score (nSPS) is 18.0. The highest BCUT2D eigenvalue weighted by molar-refractivity contribution is 7.91. The summed E-state index contributed by atoms with van der Waals surface area (Å²) in [4.78, 5) is 79.0. The predicted molar refractivity (Wildman–Crippen MR) is 143 cm³/mol. The maximum Gasteiger partial charge on any atom is 0.339 e. The van der Waals surface area contributed by atoms with Crippen LogP contribution in [0.25, 0.3) is 0 Å². The molecule has 1 aromatic heterocycles. The number of carbonyl (C=O) groups excluding carboxylic acids is 6. The van der Waals surface area contributed by atoms with Crippen LogP contribution in [-0.2, 0) is 29.4 Å². The molecule has 1 aromatic carbocycles. The smallest absolute Gasteiger partial charge is 0.339 e. The molecule has 0 bridgehead atoms. The summed E-state index contributed by atoms with van der Waals surface area (Å²) < 4.78 is 32.0. The Bertz CT molecular complexity index is 1500. The topological polar surface area (TPSA) is 207 Å². The minimum atomic E-state index is -4.39. The Morgan fingerprint density at radius 1 is 1.05 bits per heavy atom. The van der Waals surface area contributed by atoms with E-state index in [2.05, 4.69) is 19.7 Å². The standard InChI is InChI=1S/C23H26N8O8S2/c1-3-29-9-10-30(21(35)20(29)34)22(36)25-17(14-7-5-4-6-8-14)18(32)24-15-12-31(19(15)33)23(37)28-41(38,39)27-16-11-13(2)40-26-16/h4-8,11,15,17H,3,9-10,12H2,1-2H3,(H,24,32)(H,25,36)(H,26,27)(H,28,37)/t15-,17?/m0/s1. The lowest BCUT2D eigenvalue weighted by Crippen LogP contribution is -2.68. The van der Waals surface area contributed by atoms with E-state index < -0.39 is 58.0 Å². The number of urea groups is 2. The van der Waals surface area contributed by atoms with Gasteiger partial charge in [0, 0.05) is 24.5 Å². The zero-order chi connectivity index (χ0) is 29.9. The fourth-order valence-corrected chi connectivity index (χ4v) is 5.37. The first-order valence-electron chi connectivity index (χ1n) is 12.3. The number of nitrogens with zero attached hydrogens (tertiary/aromatic N) is 4. The van der Waals surface area contributed by atoms with Crippen LogP contribution in [0.1, 0.15) is 23.4 Å². The molecule has 2 fully saturated rings. The van der Waals surface area contributed by atoms with Gasteiger partial charge in [-0.15, -0.1) is 0 Å². The highest BCUT2D eigenvalue weighted by atomic mass is 32.2. The third kappa shape index (κ3) is 6.60. The summed E-state index contributed by atoms with van der Waals surface area (Å²) in [7, 11) is -4.39. The fourth-order valence-electron chi connectivity index (χ4n) is 4.04. The maximum absolute atomic E-state index is 13.2. The van der Waals surface area contributed by atoms with Gasteiger partial charge in [0.2, 0.25) is 5.91 Å². The molecule has 3 heterocycles. The number of hydrogen-bond acceptors (Lipinski definition) is 10. The van der Waals surface area contributed by atoms with Gasteiger partial charge in [-0.1, -0.05) is 30.3 Å². The number of piperazine rings is 1. The van der Waals surface area contributed by atoms with Crippen molar-refractivity contribution in [2.45, 2.75) is 25.9 Å². The van der Waals surface area contributed by atoms with Crippen LogP contribution in [0.15, 0.2) is 36.4 Å². The summed E-state index contributed by atoms with van der Waals surface area (Å²) in [6, 6.07) is 4.66. The van der Waals surface area contributed by atoms with Crippen molar-refractivity contribution >= 4 is 63.3 Å². The molecule has 4 rings (SSSR count). The first-order valence-corrected chi connectivity index (χ1v) is 14.5. The Morgan fingerprint density at radius 3 is 2.37 bits per heavy atom. The van der Waals surface area contributed by atoms with Crippen molar-refractivity contribution in [3.63, 3.8) is 0 Å². The van der Waals surface area contributed by atoms with Gasteiger partial charge >= 0.3 is 34.1 Å². The third-order valence-corrected chi connectivity index (χ3v) is 7.79. The minimum Gasteiger partial charge on any atom is -0.341 e. The van der Waals surface area contributed by atoms with Gasteiger partial charge in [0.15, 0.2) is 5.82 Å². The Balaban J connectivity index is 1.38. The van der Waals surface area contributed by atoms with Crippen LogP contribution in [0.2, 0.25) is 0 Å². The van der Waals surface area contributed by atoms with Crippen molar-refractivity contribution in [3.8, 4) is 0 Å². The number of benzene rings is 1. The number of aromatic nitrogens is 1. The number of nitrogens with one attached hydrogen (secondary N) is 4. The molecule has 16 nitrogen and oxygen atoms in total. The van der Waals surface area contributed by atoms with Crippen LogP contribution in [0.3, 0.4) is 0 Å². The molecular formula is C23H26N8O8S2. The Hall–Kier alpha value is -4.58. The van der Waals surface area contributed by atoms with Crippen molar-refractivity contribution in [3.05, 3.63) is 46.8 Å². The second-order valence-corrected chi connectivity index (χ2v) is 11.4. The SMILES string of the molecule is CCN1CCN(C(=O)NC(C(=O)N[C@H]2CN(C(=O)NS(=O)(=O)Nc3cc(C)sn3)C2=O)c2ccccc2)C(=O)C1=O. The molecule has 2 saturated heterocycles. The van der Waals surface area contributed by atoms with Gasteiger partial charge in [0.05, 0.1) is 6.54 Å². The van der Waals surface area contributed by atoms with Crippen molar-refractivity contribution < 1.29 is 37.2 Å². The molecule has 8 amide bonds. The van der Waals surface area contributed by atoms with E-state index in [1.54, 1.807) is 36.8 Å². The first kappa shape index (κ1) is 29.4. The molecule has 41 heavy (non-hydrogen) atoms. The van der Waals surface area contributed by atoms with Crippen LogP contribution in [0.4, 0.5) is 15.4 Å². The van der Waals surface area contributed by atoms with Gasteiger partial charge in [0.1, 0.15) is 12.1 Å². The monoisotopic (exact) mass is 606 g/mol. The molecule has 218 valence electrons. The summed E-state index contributed by atoms with van der Waals surface area (Å²) >= 11 is 1.05. The lowest BCUT2D eigenvalue weighted by atomic mass is 10.0. The van der Waals surface area contributed by atoms with Gasteiger partial charge in [-0.3, -0.25) is 29.0 Å². The quantitative estimate of drug-likeness (QED) is 0.221. The number of amides is 8. The molecule has 0 saturated carbocycles. The van der Waals surface area contributed by atoms with Gasteiger partial charge in [-0.2, -0.15) is 12.8 Å². The summed E-state index contributed by atoms with van der Waals surface area (Å²) in [5.74, 6) is -3.59. The predicted octanol–water partition coefficient (Wildman–Crippen LogP) is -0.714. The lowest BCUT2D eigenvalue weighted by molar-refractivity contribution is -0.153. The molecule has 2 aliphatic rings. The zero-order valence-corrected chi connectivity index (χ0v) is 23.5. The molecule has 4 N–H and O–H groups in total. The molecule has 0 aliphatic carbocycles. The first-order chi connectivity index (χ1) is 19.4. The zero-order valence-electron chi connectivity index (χ0n) is 21.8. The second-order valence-electron chi connectivity index (χ2n) is 8.98. The molecule has 1 unspecified atom stereocenters. The number of carbonyl (C=O) groups is 6. The van der Waals surface area contributed by atoms with Gasteiger partial charge in [-0.05, 0) is 37.0 Å². The van der Waals surface area contributed by atoms with E-state index in [9.17, 15) is 37.2 Å². The number of hydrogen-bond donors (Lipinski definition) is 4. The summed E-state index contributed by atoms with van der Waals surface area (Å²) in [6.07, 6.45) is 0. The van der Waals surface area contributed by atoms with Gasteiger partial charge in [-0.25, -0.2) is 19.0 Å². The van der Waals surface area contributed by atoms with Crippen molar-refractivity contribution in [2.24, 2.45) is 0 Å². The molecule has 0 radical (unpaired) electrons. The number of rotatable bonds is 8. The van der Waals surface area contributed by atoms with Crippen molar-refractivity contribution in [1.29, 1.82) is 0 Å². The van der Waals surface area contributed by atoms with Gasteiger partial charge < -0.3 is 15.5 Å². The number of β-lactam (4-membered cyclic amide) rings is 1. The highest BCUT2D eigenvalue weighted by Gasteiger charge is 2.44. The Kier molecular flexibility index (Phi) is 8.52. The molecule has 2 aliphatic heterocycles. The van der Waals surface area contributed by atoms with Crippen LogP contribution in [-0.4, -0.2) is 95.4 Å². The summed E-state index contributed by atoms with van der Waals surface area (Å²) in [6.45, 7) is 3.43. The number of anilines is 1. The molecule has 0 spiro atoms. The van der Waals surface area contributed by atoms with Crippen molar-refractivity contribution in [1.82, 2.24) is 34.4 Å². The van der Waals surface area contributed by atoms with Crippen LogP contribution in [0.5, 0.6) is 0 Å². The van der Waals surface area contributed by atoms with Crippen LogP contribution >= 0.6 is 11.5 Å². The molecule has 2 atom stereocenters. The largest absolute Gasteiger partial charge is 0.341 e. The number of imide groups is 2. The van der Waals surface area contributed by atoms with Gasteiger partial charge in [0.25, 0.3) is 5.91 Å². The van der Waals surface area contributed by atoms with Crippen LogP contribution in [0, 0.1) is 6.92 Å². The van der Waals surface area contributed by atoms with E-state index >= 15 is 0 Å². The van der Waals surface area contributed by atoms with E-state index in [4.69, 9.17) is 0 Å². The average Bonchev–Trinajstić information content (AvgIpc) is 3.33. The van der Waals surface area contributed by atoms with E-state index in [0.717, 1.165) is 16.4 Å². The lowest BCUT2D eigenvalue weighted by Gasteiger charge is -2.37. The maximum atomic E-state index is 13.2. The van der Waals surface area contributed by atoms with E-state index in [1.165, 1.54) is 23.1 Å². The summed E-state index contributed by atoms with van der Waals surface area (Å²) in [5.41, 5.74) is 0.320. The second kappa shape index (κ2) is 11.9. The average molecular weight is 607 g/mol. The van der Waals surface area contributed by atoms with Crippen LogP contribution < -0.4 is 20.1 Å². The third-order valence-electron chi connectivity index (χ3n) is 6.18. The minimum absolute atomic E-state index is 0.000172. The molecular weight excluding hydrogens is 580 g/mol. The Labute approximate surface area is 238 Å². The molecule has 2 aromatic rings.